The number of thiazole rings is 1. The third kappa shape index (κ3) is 8.02. The van der Waals surface area contributed by atoms with Crippen LogP contribution in [0.4, 0.5) is 31.5 Å². The van der Waals surface area contributed by atoms with Crippen LogP contribution >= 0.6 is 11.3 Å². The second-order valence-electron chi connectivity index (χ2n) is 10.7. The number of hydrogen-bond donors (Lipinski definition) is 2. The number of halogens is 6. The summed E-state index contributed by atoms with van der Waals surface area (Å²) in [7, 11) is -2.00. The molecule has 0 bridgehead atoms. The van der Waals surface area contributed by atoms with Crippen molar-refractivity contribution >= 4 is 43.7 Å². The van der Waals surface area contributed by atoms with Crippen molar-refractivity contribution < 1.29 is 44.8 Å². The van der Waals surface area contributed by atoms with Crippen LogP contribution < -0.4 is 25.2 Å². The van der Waals surface area contributed by atoms with Gasteiger partial charge in [0.2, 0.25) is 5.91 Å². The molecule has 47 heavy (non-hydrogen) atoms. The minimum Gasteiger partial charge on any atom is -0.406 e. The second kappa shape index (κ2) is 12.8. The number of anilines is 1. The van der Waals surface area contributed by atoms with Crippen molar-refractivity contribution in [2.45, 2.75) is 49.0 Å². The van der Waals surface area contributed by atoms with Crippen LogP contribution in [0.15, 0.2) is 58.2 Å². The summed E-state index contributed by atoms with van der Waals surface area (Å²) in [5, 5.41) is 3.13. The number of hydrogen-bond acceptors (Lipinski definition) is 9. The summed E-state index contributed by atoms with van der Waals surface area (Å²) in [5.41, 5.74) is 0.414. The monoisotopic (exact) mass is 702 g/mol. The number of carbonyl (C=O) groups is 1. The third-order valence-corrected chi connectivity index (χ3v) is 9.88. The molecule has 6 rings (SSSR count). The Balaban J connectivity index is 1.22. The number of aromatic nitrogens is 3. The highest BCUT2D eigenvalue weighted by atomic mass is 32.2. The SMILES string of the molecule is O=C(NCc1ccc(OC(F)(F)F)cc1)[C@H]1CN(c2nc3nc(C4CC4)[nH]c(=O)c3s2)CCN1S(=O)c1ccc(OC(F)(F)F)cc1. The Labute approximate surface area is 268 Å². The summed E-state index contributed by atoms with van der Waals surface area (Å²) >= 11 is 1.10. The number of carbonyl (C=O) groups excluding carboxylic acids is 1. The number of amides is 1. The Kier molecular flexibility index (Phi) is 8.88. The number of rotatable bonds is 9. The molecule has 0 spiro atoms. The van der Waals surface area contributed by atoms with Crippen molar-refractivity contribution in [2.75, 3.05) is 24.5 Å². The van der Waals surface area contributed by atoms with E-state index in [-0.39, 0.29) is 48.2 Å². The summed E-state index contributed by atoms with van der Waals surface area (Å²) in [6, 6.07) is 8.24. The molecule has 2 aliphatic rings. The number of benzene rings is 2. The predicted octanol–water partition coefficient (Wildman–Crippen LogP) is 4.58. The van der Waals surface area contributed by atoms with Gasteiger partial charge in [0.25, 0.3) is 5.56 Å². The molecule has 1 amide bonds. The number of alkyl halides is 6. The molecular weight excluding hydrogens is 678 g/mol. The molecule has 2 N–H and O–H groups in total. The zero-order valence-corrected chi connectivity index (χ0v) is 25.6. The van der Waals surface area contributed by atoms with E-state index in [0.717, 1.165) is 48.4 Å². The first kappa shape index (κ1) is 32.7. The second-order valence-corrected chi connectivity index (χ2v) is 13.1. The van der Waals surface area contributed by atoms with Gasteiger partial charge >= 0.3 is 12.7 Å². The van der Waals surface area contributed by atoms with Gasteiger partial charge in [0.05, 0.1) is 4.90 Å². The lowest BCUT2D eigenvalue weighted by atomic mass is 10.1. The summed E-state index contributed by atoms with van der Waals surface area (Å²) in [5.74, 6) is -0.762. The standard InChI is InChI=1S/C28H24F6N6O5S2/c29-27(30,31)44-17-5-1-15(2-6-17)13-35-24(41)20-14-39(26-38-23-21(46-26)25(42)37-22(36-23)16-3-4-16)11-12-40(20)47(43)19-9-7-18(8-10-19)45-28(32,33)34/h1-2,5-10,16,20H,3-4,11-14H2,(H,35,41)(H,36,37,42)/t20-,47?/m1/s1. The van der Waals surface area contributed by atoms with Crippen molar-refractivity contribution in [2.24, 2.45) is 0 Å². The number of nitrogens with one attached hydrogen (secondary N) is 2. The average Bonchev–Trinajstić information content (AvgIpc) is 3.77. The Bertz CT molecular complexity index is 1840. The van der Waals surface area contributed by atoms with Crippen molar-refractivity contribution in [1.29, 1.82) is 0 Å². The van der Waals surface area contributed by atoms with Crippen LogP contribution in [-0.4, -0.2) is 67.8 Å². The van der Waals surface area contributed by atoms with Crippen molar-refractivity contribution in [3.8, 4) is 11.5 Å². The molecule has 3 heterocycles. The van der Waals surface area contributed by atoms with Gasteiger partial charge in [0.15, 0.2) is 10.8 Å². The van der Waals surface area contributed by atoms with Gasteiger partial charge in [0, 0.05) is 32.1 Å². The Morgan fingerprint density at radius 1 is 0.957 bits per heavy atom. The summed E-state index contributed by atoms with van der Waals surface area (Å²) < 4.78 is 98.5. The maximum atomic E-state index is 13.7. The first-order valence-electron chi connectivity index (χ1n) is 14.0. The van der Waals surface area contributed by atoms with Gasteiger partial charge in [-0.25, -0.2) is 13.5 Å². The maximum absolute atomic E-state index is 13.7. The van der Waals surface area contributed by atoms with Crippen LogP contribution in [0, 0.1) is 0 Å². The van der Waals surface area contributed by atoms with Crippen molar-refractivity contribution in [3.63, 3.8) is 0 Å². The summed E-state index contributed by atoms with van der Waals surface area (Å²) in [6.07, 6.45) is -7.93. The van der Waals surface area contributed by atoms with Crippen LogP contribution in [0.25, 0.3) is 10.3 Å². The molecule has 0 radical (unpaired) electrons. The van der Waals surface area contributed by atoms with E-state index in [2.05, 4.69) is 29.7 Å². The first-order chi connectivity index (χ1) is 22.2. The van der Waals surface area contributed by atoms with Gasteiger partial charge in [-0.2, -0.15) is 4.98 Å². The Hall–Kier alpha value is -4.23. The molecule has 1 saturated carbocycles. The molecule has 19 heteroatoms. The normalized spacial score (nSPS) is 18.3. The number of fused-ring (bicyclic) bond motifs is 1. The first-order valence-corrected chi connectivity index (χ1v) is 16.0. The van der Waals surface area contributed by atoms with Gasteiger partial charge < -0.3 is 24.7 Å². The molecule has 1 unspecified atom stereocenters. The van der Waals surface area contributed by atoms with Crippen LogP contribution in [0.3, 0.4) is 0 Å². The van der Waals surface area contributed by atoms with Crippen molar-refractivity contribution in [3.05, 3.63) is 70.3 Å². The Morgan fingerprint density at radius 2 is 1.57 bits per heavy atom. The lowest BCUT2D eigenvalue weighted by molar-refractivity contribution is -0.275. The number of nitrogens with zero attached hydrogens (tertiary/aromatic N) is 4. The fourth-order valence-electron chi connectivity index (χ4n) is 4.89. The summed E-state index contributed by atoms with van der Waals surface area (Å²) in [4.78, 5) is 40.0. The molecule has 2 fully saturated rings. The van der Waals surface area contributed by atoms with Crippen LogP contribution in [-0.2, 0) is 22.3 Å². The zero-order valence-electron chi connectivity index (χ0n) is 23.9. The molecule has 2 aromatic heterocycles. The highest BCUT2D eigenvalue weighted by Gasteiger charge is 2.38. The smallest absolute Gasteiger partial charge is 0.406 e. The fraction of sp³-hybridized carbons (Fsp3) is 0.357. The highest BCUT2D eigenvalue weighted by Crippen LogP contribution is 2.38. The van der Waals surface area contributed by atoms with Gasteiger partial charge in [-0.1, -0.05) is 23.5 Å². The quantitative estimate of drug-likeness (QED) is 0.243. The molecular formula is C28H24F6N6O5S2. The van der Waals surface area contributed by atoms with E-state index in [1.807, 2.05) is 0 Å². The lowest BCUT2D eigenvalue weighted by Crippen LogP contribution is -2.59. The number of ether oxygens (including phenoxy) is 2. The van der Waals surface area contributed by atoms with E-state index in [1.165, 1.54) is 28.6 Å². The van der Waals surface area contributed by atoms with Crippen LogP contribution in [0.1, 0.15) is 30.1 Å². The lowest BCUT2D eigenvalue weighted by Gasteiger charge is -2.39. The summed E-state index contributed by atoms with van der Waals surface area (Å²) in [6.45, 7) is 0.176. The van der Waals surface area contributed by atoms with Crippen molar-refractivity contribution in [1.82, 2.24) is 24.6 Å². The van der Waals surface area contributed by atoms with E-state index in [4.69, 9.17) is 0 Å². The van der Waals surface area contributed by atoms with E-state index >= 15 is 0 Å². The van der Waals surface area contributed by atoms with E-state index in [9.17, 15) is 40.1 Å². The fourth-order valence-corrected chi connectivity index (χ4v) is 7.10. The van der Waals surface area contributed by atoms with E-state index in [1.54, 1.807) is 4.90 Å². The molecule has 1 saturated heterocycles. The molecule has 4 aromatic rings. The molecule has 2 atom stereocenters. The number of H-pyrrole nitrogens is 1. The van der Waals surface area contributed by atoms with E-state index in [0.29, 0.717) is 21.2 Å². The molecule has 250 valence electrons. The van der Waals surface area contributed by atoms with Gasteiger partial charge in [-0.3, -0.25) is 9.59 Å². The van der Waals surface area contributed by atoms with Crippen LogP contribution in [0.2, 0.25) is 0 Å². The Morgan fingerprint density at radius 3 is 2.17 bits per heavy atom. The van der Waals surface area contributed by atoms with Crippen LogP contribution in [0.5, 0.6) is 11.5 Å². The minimum absolute atomic E-state index is 0.0294. The van der Waals surface area contributed by atoms with Gasteiger partial charge in [0.1, 0.15) is 39.1 Å². The molecule has 1 aliphatic carbocycles. The zero-order chi connectivity index (χ0) is 33.5. The highest BCUT2D eigenvalue weighted by molar-refractivity contribution is 7.82. The van der Waals surface area contributed by atoms with Gasteiger partial charge in [-0.05, 0) is 54.8 Å². The number of piperazine rings is 1. The predicted molar refractivity (Wildman–Crippen MR) is 157 cm³/mol. The van der Waals surface area contributed by atoms with E-state index < -0.39 is 47.2 Å². The molecule has 11 nitrogen and oxygen atoms in total. The third-order valence-electron chi connectivity index (χ3n) is 7.24. The topological polar surface area (TPSA) is 130 Å². The minimum atomic E-state index is -4.91. The average molecular weight is 703 g/mol. The molecule has 1 aliphatic heterocycles. The number of aromatic amines is 1. The maximum Gasteiger partial charge on any atom is 0.573 e. The molecule has 2 aromatic carbocycles. The van der Waals surface area contributed by atoms with Gasteiger partial charge in [-0.15, -0.1) is 26.3 Å². The largest absolute Gasteiger partial charge is 0.573 e.